The lowest BCUT2D eigenvalue weighted by molar-refractivity contribution is 0.182. The van der Waals surface area contributed by atoms with Crippen molar-refractivity contribution >= 4 is 16.6 Å². The third-order valence-corrected chi connectivity index (χ3v) is 2.51. The van der Waals surface area contributed by atoms with Crippen molar-refractivity contribution in [1.82, 2.24) is 10.5 Å². The Bertz CT molecular complexity index is 582. The summed E-state index contributed by atoms with van der Waals surface area (Å²) >= 11 is 0. The number of nitrogens with one attached hydrogen (secondary N) is 1. The smallest absolute Gasteiger partial charge is 0.119 e. The van der Waals surface area contributed by atoms with E-state index in [0.29, 0.717) is 0 Å². The fourth-order valence-corrected chi connectivity index (χ4v) is 1.79. The van der Waals surface area contributed by atoms with Crippen LogP contribution in [0.5, 0.6) is 0 Å². The van der Waals surface area contributed by atoms with Gasteiger partial charge in [-0.1, -0.05) is 18.2 Å². The van der Waals surface area contributed by atoms with Gasteiger partial charge in [0.15, 0.2) is 0 Å². The van der Waals surface area contributed by atoms with E-state index >= 15 is 0 Å². The lowest BCUT2D eigenvalue weighted by atomic mass is 10.1. The number of fused-ring (bicyclic) bond motifs is 1. The van der Waals surface area contributed by atoms with Crippen molar-refractivity contribution in [2.75, 3.05) is 0 Å². The van der Waals surface area contributed by atoms with Crippen molar-refractivity contribution in [2.24, 2.45) is 0 Å². The Hall–Kier alpha value is -2.29. The van der Waals surface area contributed by atoms with E-state index < -0.39 is 0 Å². The van der Waals surface area contributed by atoms with Crippen LogP contribution in [0.2, 0.25) is 0 Å². The molecule has 3 heteroatoms. The maximum Gasteiger partial charge on any atom is 0.119 e. The highest BCUT2D eigenvalue weighted by Gasteiger charge is 2.07. The first-order valence-corrected chi connectivity index (χ1v) is 5.08. The fourth-order valence-electron chi connectivity index (χ4n) is 1.79. The van der Waals surface area contributed by atoms with E-state index in [0.717, 1.165) is 22.2 Å². The molecule has 0 amide bonds. The van der Waals surface area contributed by atoms with E-state index in [1.807, 2.05) is 36.4 Å². The van der Waals surface area contributed by atoms with E-state index in [1.165, 1.54) is 0 Å². The van der Waals surface area contributed by atoms with Crippen LogP contribution < -0.4 is 5.48 Å². The molecule has 1 N–H and O–H groups in total. The van der Waals surface area contributed by atoms with Crippen LogP contribution in [0, 0.1) is 0 Å². The molecule has 0 radical (unpaired) electrons. The van der Waals surface area contributed by atoms with Crippen LogP contribution in [-0.2, 0) is 4.84 Å². The largest absolute Gasteiger partial charge is 0.390 e. The van der Waals surface area contributed by atoms with Gasteiger partial charge < -0.3 is 4.84 Å². The summed E-state index contributed by atoms with van der Waals surface area (Å²) in [4.78, 5) is 9.39. The third kappa shape index (κ3) is 1.42. The van der Waals surface area contributed by atoms with Crippen molar-refractivity contribution in [3.05, 3.63) is 60.5 Å². The highest BCUT2D eigenvalue weighted by molar-refractivity contribution is 5.91. The van der Waals surface area contributed by atoms with Crippen LogP contribution in [0.25, 0.3) is 16.6 Å². The Morgan fingerprint density at radius 2 is 2.12 bits per heavy atom. The average molecular weight is 210 g/mol. The van der Waals surface area contributed by atoms with Crippen molar-refractivity contribution in [2.45, 2.75) is 0 Å². The summed E-state index contributed by atoms with van der Waals surface area (Å²) in [6.45, 7) is 0. The molecule has 2 heterocycles. The van der Waals surface area contributed by atoms with Gasteiger partial charge in [-0.3, -0.25) is 4.98 Å². The molecule has 0 saturated heterocycles. The second-order valence-corrected chi connectivity index (χ2v) is 3.50. The van der Waals surface area contributed by atoms with Crippen LogP contribution in [0.1, 0.15) is 5.56 Å². The zero-order valence-electron chi connectivity index (χ0n) is 8.55. The van der Waals surface area contributed by atoms with Crippen molar-refractivity contribution in [3.63, 3.8) is 0 Å². The topological polar surface area (TPSA) is 34.1 Å². The molecule has 1 aliphatic heterocycles. The maximum atomic E-state index is 5.07. The van der Waals surface area contributed by atoms with E-state index in [1.54, 1.807) is 12.5 Å². The predicted octanol–water partition coefficient (Wildman–Crippen LogP) is 2.62. The average Bonchev–Trinajstić information content (AvgIpc) is 2.39. The number of nitrogens with zero attached hydrogens (tertiary/aromatic N) is 1. The number of hydrogen-bond acceptors (Lipinski definition) is 3. The second kappa shape index (κ2) is 3.70. The Morgan fingerprint density at radius 3 is 3.00 bits per heavy atom. The molecule has 78 valence electrons. The predicted molar refractivity (Wildman–Crippen MR) is 63.1 cm³/mol. The van der Waals surface area contributed by atoms with Gasteiger partial charge >= 0.3 is 0 Å². The van der Waals surface area contributed by atoms with Gasteiger partial charge in [0.2, 0.25) is 0 Å². The molecule has 0 saturated carbocycles. The molecule has 1 aromatic heterocycles. The molecule has 3 rings (SSSR count). The van der Waals surface area contributed by atoms with Gasteiger partial charge in [-0.25, -0.2) is 5.48 Å². The molecule has 1 aliphatic rings. The molecule has 2 aromatic rings. The van der Waals surface area contributed by atoms with E-state index in [2.05, 4.69) is 16.5 Å². The molecule has 16 heavy (non-hydrogen) atoms. The first-order chi connectivity index (χ1) is 7.95. The van der Waals surface area contributed by atoms with Crippen molar-refractivity contribution < 1.29 is 4.84 Å². The van der Waals surface area contributed by atoms with Crippen LogP contribution in [0.15, 0.2) is 54.9 Å². The number of benzene rings is 1. The molecule has 0 aliphatic carbocycles. The molecule has 0 spiro atoms. The summed E-state index contributed by atoms with van der Waals surface area (Å²) in [5.74, 6) is 0. The van der Waals surface area contributed by atoms with Gasteiger partial charge in [0, 0.05) is 17.1 Å². The van der Waals surface area contributed by atoms with Gasteiger partial charge in [-0.2, -0.15) is 0 Å². The number of hydroxylamine groups is 1. The summed E-state index contributed by atoms with van der Waals surface area (Å²) in [6.07, 6.45) is 7.24. The lowest BCUT2D eigenvalue weighted by Gasteiger charge is -2.13. The summed E-state index contributed by atoms with van der Waals surface area (Å²) in [5, 5.41) is 1.11. The summed E-state index contributed by atoms with van der Waals surface area (Å²) in [6, 6.07) is 10.0. The Kier molecular flexibility index (Phi) is 2.07. The summed E-state index contributed by atoms with van der Waals surface area (Å²) in [5.41, 5.74) is 5.90. The normalized spacial score (nSPS) is 14.1. The van der Waals surface area contributed by atoms with Gasteiger partial charge in [-0.15, -0.1) is 0 Å². The SMILES string of the molecule is C1=CONC(c2cccc3ncccc23)=C1. The lowest BCUT2D eigenvalue weighted by Crippen LogP contribution is -2.12. The minimum atomic E-state index is 0.945. The minimum absolute atomic E-state index is 0.945. The molecule has 0 atom stereocenters. The van der Waals surface area contributed by atoms with Crippen LogP contribution >= 0.6 is 0 Å². The van der Waals surface area contributed by atoms with Crippen LogP contribution in [-0.4, -0.2) is 4.98 Å². The first-order valence-electron chi connectivity index (χ1n) is 5.08. The number of hydrogen-bond donors (Lipinski definition) is 1. The van der Waals surface area contributed by atoms with Gasteiger partial charge in [0.25, 0.3) is 0 Å². The van der Waals surface area contributed by atoms with Crippen molar-refractivity contribution in [3.8, 4) is 0 Å². The zero-order valence-corrected chi connectivity index (χ0v) is 8.55. The number of aromatic nitrogens is 1. The summed E-state index contributed by atoms with van der Waals surface area (Å²) < 4.78 is 0. The number of rotatable bonds is 1. The highest BCUT2D eigenvalue weighted by Crippen LogP contribution is 2.23. The second-order valence-electron chi connectivity index (χ2n) is 3.50. The third-order valence-electron chi connectivity index (χ3n) is 2.51. The minimum Gasteiger partial charge on any atom is -0.390 e. The van der Waals surface area contributed by atoms with Crippen LogP contribution in [0.3, 0.4) is 0 Å². The summed E-state index contributed by atoms with van der Waals surface area (Å²) in [7, 11) is 0. The number of allylic oxidation sites excluding steroid dienone is 2. The quantitative estimate of drug-likeness (QED) is 0.785. The van der Waals surface area contributed by atoms with Gasteiger partial charge in [0.05, 0.1) is 11.2 Å². The molecule has 1 aromatic carbocycles. The molecular weight excluding hydrogens is 200 g/mol. The van der Waals surface area contributed by atoms with E-state index in [4.69, 9.17) is 4.84 Å². The molecule has 0 bridgehead atoms. The Balaban J connectivity index is 2.23. The number of pyridine rings is 1. The molecule has 3 nitrogen and oxygen atoms in total. The first kappa shape index (κ1) is 8.97. The monoisotopic (exact) mass is 210 g/mol. The Labute approximate surface area is 93.0 Å². The maximum absolute atomic E-state index is 5.07. The fraction of sp³-hybridized carbons (Fsp3) is 0. The molecular formula is C13H10N2O. The molecule has 0 fully saturated rings. The standard InChI is InChI=1S/C13H10N2O/c1-4-11(13-7-3-9-16-15-13)10-5-2-8-14-12(10)6-1/h1-9,15H. The van der Waals surface area contributed by atoms with Crippen molar-refractivity contribution in [1.29, 1.82) is 0 Å². The van der Waals surface area contributed by atoms with E-state index in [-0.39, 0.29) is 0 Å². The molecule has 0 unspecified atom stereocenters. The van der Waals surface area contributed by atoms with E-state index in [9.17, 15) is 0 Å². The highest BCUT2D eigenvalue weighted by atomic mass is 16.6. The van der Waals surface area contributed by atoms with Gasteiger partial charge in [0.1, 0.15) is 6.26 Å². The zero-order chi connectivity index (χ0) is 10.8. The van der Waals surface area contributed by atoms with Gasteiger partial charge in [-0.05, 0) is 24.3 Å². The Morgan fingerprint density at radius 1 is 1.12 bits per heavy atom. The van der Waals surface area contributed by atoms with Crippen LogP contribution in [0.4, 0.5) is 0 Å².